The van der Waals surface area contributed by atoms with E-state index in [0.29, 0.717) is 46.8 Å². The summed E-state index contributed by atoms with van der Waals surface area (Å²) in [6.45, 7) is 6.82. The van der Waals surface area contributed by atoms with Crippen molar-refractivity contribution >= 4 is 45.1 Å². The van der Waals surface area contributed by atoms with Gasteiger partial charge in [-0.05, 0) is 50.0 Å². The van der Waals surface area contributed by atoms with Crippen LogP contribution in [0.25, 0.3) is 12.2 Å². The van der Waals surface area contributed by atoms with E-state index >= 15 is 0 Å². The highest BCUT2D eigenvalue weighted by Crippen LogP contribution is 2.30. The smallest absolute Gasteiger partial charge is 0.252 e. The molecule has 1 aliphatic rings. The summed E-state index contributed by atoms with van der Waals surface area (Å²) in [5, 5.41) is 6.66. The second-order valence-corrected chi connectivity index (χ2v) is 10.3. The Kier molecular flexibility index (Phi) is 6.36. The van der Waals surface area contributed by atoms with Crippen molar-refractivity contribution in [1.82, 2.24) is 9.46 Å². The predicted octanol–water partition coefficient (Wildman–Crippen LogP) is 3.98. The molecule has 0 atom stereocenters. The zero-order valence-corrected chi connectivity index (χ0v) is 17.9. The normalized spacial score (nSPS) is 16.7. The van der Waals surface area contributed by atoms with Crippen molar-refractivity contribution in [1.29, 1.82) is 0 Å². The third-order valence-electron chi connectivity index (χ3n) is 4.81. The number of anilines is 1. The quantitative estimate of drug-likeness (QED) is 0.758. The van der Waals surface area contributed by atoms with Crippen LogP contribution in [-0.4, -0.2) is 36.9 Å². The Bertz CT molecular complexity index is 967. The average Bonchev–Trinajstić information content (AvgIpc) is 3.28. The molecule has 0 spiro atoms. The number of sulfonamides is 1. The molecular formula is C19H25N3O4S2. The molecule has 7 nitrogen and oxygen atoms in total. The van der Waals surface area contributed by atoms with Crippen LogP contribution in [0.4, 0.5) is 5.69 Å². The standard InChI is InChI=1S/C19H25N3O4S2/c1-4-17(23)20-19-14(3)21-26-16(19)7-5-15-6-8-18(27-15)28(24,25)22-11-9-13(2)10-12-22/h5-8,13H,4,9-12H2,1-3H3,(H,20,23). The maximum Gasteiger partial charge on any atom is 0.252 e. The van der Waals surface area contributed by atoms with Gasteiger partial charge in [0.25, 0.3) is 10.0 Å². The Hall–Kier alpha value is -1.97. The Balaban J connectivity index is 1.76. The summed E-state index contributed by atoms with van der Waals surface area (Å²) in [7, 11) is -3.45. The third-order valence-corrected chi connectivity index (χ3v) is 8.23. The van der Waals surface area contributed by atoms with Crippen molar-refractivity contribution in [3.05, 3.63) is 28.5 Å². The van der Waals surface area contributed by atoms with E-state index in [1.165, 1.54) is 11.3 Å². The van der Waals surface area contributed by atoms with Gasteiger partial charge < -0.3 is 9.84 Å². The summed E-state index contributed by atoms with van der Waals surface area (Å²) in [5.74, 6) is 0.879. The summed E-state index contributed by atoms with van der Waals surface area (Å²) in [6.07, 6.45) is 5.61. The van der Waals surface area contributed by atoms with E-state index in [2.05, 4.69) is 17.4 Å². The topological polar surface area (TPSA) is 92.5 Å². The molecule has 1 fully saturated rings. The second-order valence-electron chi connectivity index (χ2n) is 6.99. The number of hydrogen-bond donors (Lipinski definition) is 1. The molecule has 0 saturated carbocycles. The molecule has 2 aromatic heterocycles. The minimum Gasteiger partial charge on any atom is -0.354 e. The number of aromatic nitrogens is 1. The number of thiophene rings is 1. The van der Waals surface area contributed by atoms with E-state index in [9.17, 15) is 13.2 Å². The van der Waals surface area contributed by atoms with E-state index < -0.39 is 10.0 Å². The molecule has 3 heterocycles. The zero-order chi connectivity index (χ0) is 20.3. The first-order valence-corrected chi connectivity index (χ1v) is 11.6. The molecule has 1 aliphatic heterocycles. The van der Waals surface area contributed by atoms with Gasteiger partial charge in [-0.15, -0.1) is 11.3 Å². The average molecular weight is 424 g/mol. The van der Waals surface area contributed by atoms with Gasteiger partial charge in [-0.25, -0.2) is 8.42 Å². The number of nitrogens with one attached hydrogen (secondary N) is 1. The molecule has 0 unspecified atom stereocenters. The molecule has 0 aliphatic carbocycles. The van der Waals surface area contributed by atoms with Crippen LogP contribution in [-0.2, 0) is 14.8 Å². The van der Waals surface area contributed by atoms with Gasteiger partial charge in [0.1, 0.15) is 15.6 Å². The number of amides is 1. The van der Waals surface area contributed by atoms with E-state index in [4.69, 9.17) is 4.52 Å². The minimum absolute atomic E-state index is 0.124. The maximum atomic E-state index is 12.8. The van der Waals surface area contributed by atoms with Gasteiger partial charge in [0.05, 0.1) is 0 Å². The first kappa shape index (κ1) is 20.8. The van der Waals surface area contributed by atoms with Crippen molar-refractivity contribution in [3.63, 3.8) is 0 Å². The van der Waals surface area contributed by atoms with Crippen molar-refractivity contribution in [3.8, 4) is 0 Å². The lowest BCUT2D eigenvalue weighted by Gasteiger charge is -2.28. The van der Waals surface area contributed by atoms with Crippen molar-refractivity contribution in [2.45, 2.75) is 44.2 Å². The lowest BCUT2D eigenvalue weighted by molar-refractivity contribution is -0.115. The third kappa shape index (κ3) is 4.53. The van der Waals surface area contributed by atoms with Crippen LogP contribution in [0.5, 0.6) is 0 Å². The van der Waals surface area contributed by atoms with Gasteiger partial charge in [-0.2, -0.15) is 4.31 Å². The first-order chi connectivity index (χ1) is 13.3. The molecule has 1 amide bonds. The molecule has 2 aromatic rings. The number of carbonyl (C=O) groups is 1. The molecule has 0 bridgehead atoms. The number of hydrogen-bond acceptors (Lipinski definition) is 6. The number of nitrogens with zero attached hydrogens (tertiary/aromatic N) is 2. The van der Waals surface area contributed by atoms with Crippen molar-refractivity contribution in [2.75, 3.05) is 18.4 Å². The Morgan fingerprint density at radius 3 is 2.75 bits per heavy atom. The minimum atomic E-state index is -3.45. The molecule has 0 aromatic carbocycles. The number of carbonyl (C=O) groups excluding carboxylic acids is 1. The van der Waals surface area contributed by atoms with Crippen LogP contribution in [0.1, 0.15) is 49.4 Å². The Morgan fingerprint density at radius 2 is 2.07 bits per heavy atom. The van der Waals surface area contributed by atoms with E-state index in [0.717, 1.165) is 17.7 Å². The molecule has 0 radical (unpaired) electrons. The Labute approximate surface area is 169 Å². The highest BCUT2D eigenvalue weighted by molar-refractivity contribution is 7.91. The van der Waals surface area contributed by atoms with Gasteiger partial charge >= 0.3 is 0 Å². The van der Waals surface area contributed by atoms with Gasteiger partial charge in [-0.3, -0.25) is 4.79 Å². The van der Waals surface area contributed by atoms with Gasteiger partial charge in [0, 0.05) is 24.4 Å². The molecule has 3 rings (SSSR count). The van der Waals surface area contributed by atoms with Gasteiger partial charge in [-0.1, -0.05) is 19.0 Å². The fraction of sp³-hybridized carbons (Fsp3) is 0.474. The molecule has 1 N–H and O–H groups in total. The summed E-state index contributed by atoms with van der Waals surface area (Å²) < 4.78 is 32.8. The fourth-order valence-electron chi connectivity index (χ4n) is 2.95. The van der Waals surface area contributed by atoms with Crippen LogP contribution in [0.15, 0.2) is 20.9 Å². The van der Waals surface area contributed by atoms with E-state index in [1.54, 1.807) is 42.4 Å². The largest absolute Gasteiger partial charge is 0.354 e. The number of aryl methyl sites for hydroxylation is 1. The SMILES string of the molecule is CCC(=O)Nc1c(C)noc1C=Cc1ccc(S(=O)(=O)N2CCC(C)CC2)s1. The lowest BCUT2D eigenvalue weighted by atomic mass is 10.0. The Morgan fingerprint density at radius 1 is 1.36 bits per heavy atom. The molecule has 9 heteroatoms. The summed E-state index contributed by atoms with van der Waals surface area (Å²) in [4.78, 5) is 12.5. The molecule has 28 heavy (non-hydrogen) atoms. The molecule has 1 saturated heterocycles. The lowest BCUT2D eigenvalue weighted by Crippen LogP contribution is -2.37. The maximum absolute atomic E-state index is 12.8. The fourth-order valence-corrected chi connectivity index (χ4v) is 5.81. The van der Waals surface area contributed by atoms with Gasteiger partial charge in [0.2, 0.25) is 5.91 Å². The number of rotatable bonds is 6. The van der Waals surface area contributed by atoms with E-state index in [-0.39, 0.29) is 5.91 Å². The van der Waals surface area contributed by atoms with E-state index in [1.807, 2.05) is 0 Å². The van der Waals surface area contributed by atoms with Crippen LogP contribution < -0.4 is 5.32 Å². The highest BCUT2D eigenvalue weighted by Gasteiger charge is 2.29. The van der Waals surface area contributed by atoms with Crippen LogP contribution in [0, 0.1) is 12.8 Å². The summed E-state index contributed by atoms with van der Waals surface area (Å²) in [6, 6.07) is 3.41. The zero-order valence-electron chi connectivity index (χ0n) is 16.3. The molecular weight excluding hydrogens is 398 g/mol. The second kappa shape index (κ2) is 8.59. The van der Waals surface area contributed by atoms with Crippen LogP contribution >= 0.6 is 11.3 Å². The van der Waals surface area contributed by atoms with Crippen molar-refractivity contribution < 1.29 is 17.7 Å². The summed E-state index contributed by atoms with van der Waals surface area (Å²) >= 11 is 1.22. The summed E-state index contributed by atoms with van der Waals surface area (Å²) in [5.41, 5.74) is 1.13. The predicted molar refractivity (Wildman–Crippen MR) is 111 cm³/mol. The number of piperidine rings is 1. The van der Waals surface area contributed by atoms with Crippen LogP contribution in [0.2, 0.25) is 0 Å². The molecule has 152 valence electrons. The first-order valence-electron chi connectivity index (χ1n) is 9.35. The van der Waals surface area contributed by atoms with Crippen molar-refractivity contribution in [2.24, 2.45) is 5.92 Å². The highest BCUT2D eigenvalue weighted by atomic mass is 32.2. The van der Waals surface area contributed by atoms with Crippen LogP contribution in [0.3, 0.4) is 0 Å². The van der Waals surface area contributed by atoms with Gasteiger partial charge in [0.15, 0.2) is 5.76 Å². The monoisotopic (exact) mass is 423 g/mol.